The van der Waals surface area contributed by atoms with Gasteiger partial charge in [-0.25, -0.2) is 0 Å². The van der Waals surface area contributed by atoms with Crippen LogP contribution in [0.1, 0.15) is 18.7 Å². The van der Waals surface area contributed by atoms with Gasteiger partial charge in [0.2, 0.25) is 0 Å². The lowest BCUT2D eigenvalue weighted by Crippen LogP contribution is -2.20. The molecule has 3 aromatic rings. The summed E-state index contributed by atoms with van der Waals surface area (Å²) >= 11 is 0. The molecule has 0 amide bonds. The predicted octanol–water partition coefficient (Wildman–Crippen LogP) is 1.11. The molecule has 7 heteroatoms. The first kappa shape index (κ1) is 12.2. The van der Waals surface area contributed by atoms with Crippen LogP contribution in [-0.4, -0.2) is 20.4 Å². The molecule has 0 fully saturated rings. The van der Waals surface area contributed by atoms with Gasteiger partial charge in [0.25, 0.3) is 11.1 Å². The first-order valence-electron chi connectivity index (χ1n) is 6.16. The molecule has 2 heterocycles. The van der Waals surface area contributed by atoms with Gasteiger partial charge in [-0.2, -0.15) is 5.10 Å². The SMILES string of the molecule is CC(Nc1cccc2c(=O)[nH][nH]c(=O)c12)c1ccn[nH]1. The van der Waals surface area contributed by atoms with Crippen LogP contribution >= 0.6 is 0 Å². The molecular formula is C13H13N5O2. The van der Waals surface area contributed by atoms with Crippen molar-refractivity contribution in [3.8, 4) is 0 Å². The summed E-state index contributed by atoms with van der Waals surface area (Å²) in [5.74, 6) is 0. The van der Waals surface area contributed by atoms with Gasteiger partial charge in [-0.3, -0.25) is 24.9 Å². The van der Waals surface area contributed by atoms with Crippen LogP contribution in [0.3, 0.4) is 0 Å². The number of fused-ring (bicyclic) bond motifs is 1. The van der Waals surface area contributed by atoms with E-state index in [9.17, 15) is 9.59 Å². The number of rotatable bonds is 3. The molecule has 1 atom stereocenters. The van der Waals surface area contributed by atoms with Gasteiger partial charge in [0.15, 0.2) is 0 Å². The topological polar surface area (TPSA) is 106 Å². The van der Waals surface area contributed by atoms with Gasteiger partial charge in [0.1, 0.15) is 0 Å². The zero-order valence-corrected chi connectivity index (χ0v) is 10.7. The third kappa shape index (κ3) is 1.99. The minimum absolute atomic E-state index is 0.0678. The van der Waals surface area contributed by atoms with E-state index in [0.717, 1.165) is 5.69 Å². The summed E-state index contributed by atoms with van der Waals surface area (Å²) in [5.41, 5.74) is 0.845. The Bertz CT molecular complexity index is 847. The van der Waals surface area contributed by atoms with Gasteiger partial charge in [0.05, 0.1) is 22.5 Å². The maximum absolute atomic E-state index is 11.9. The van der Waals surface area contributed by atoms with Crippen molar-refractivity contribution in [3.05, 3.63) is 56.9 Å². The smallest absolute Gasteiger partial charge is 0.272 e. The van der Waals surface area contributed by atoms with Crippen molar-refractivity contribution in [2.24, 2.45) is 0 Å². The van der Waals surface area contributed by atoms with Gasteiger partial charge in [-0.1, -0.05) is 6.07 Å². The molecule has 0 aliphatic heterocycles. The van der Waals surface area contributed by atoms with E-state index in [4.69, 9.17) is 0 Å². The van der Waals surface area contributed by atoms with Crippen molar-refractivity contribution in [1.29, 1.82) is 0 Å². The number of nitrogens with zero attached hydrogens (tertiary/aromatic N) is 1. The van der Waals surface area contributed by atoms with Crippen molar-refractivity contribution < 1.29 is 0 Å². The molecule has 0 radical (unpaired) electrons. The highest BCUT2D eigenvalue weighted by atomic mass is 16.1. The zero-order valence-electron chi connectivity index (χ0n) is 10.7. The van der Waals surface area contributed by atoms with Gasteiger partial charge >= 0.3 is 0 Å². The molecule has 102 valence electrons. The Labute approximate surface area is 113 Å². The van der Waals surface area contributed by atoms with E-state index < -0.39 is 0 Å². The second-order valence-electron chi connectivity index (χ2n) is 4.51. The number of benzene rings is 1. The van der Waals surface area contributed by atoms with E-state index in [0.29, 0.717) is 16.5 Å². The van der Waals surface area contributed by atoms with Gasteiger partial charge < -0.3 is 5.32 Å². The van der Waals surface area contributed by atoms with Gasteiger partial charge in [0, 0.05) is 11.9 Å². The molecule has 0 aliphatic rings. The highest BCUT2D eigenvalue weighted by Gasteiger charge is 2.12. The quantitative estimate of drug-likeness (QED) is 0.572. The molecule has 2 aromatic heterocycles. The van der Waals surface area contributed by atoms with Crippen LogP contribution in [0.5, 0.6) is 0 Å². The zero-order chi connectivity index (χ0) is 14.1. The summed E-state index contributed by atoms with van der Waals surface area (Å²) in [6.07, 6.45) is 1.66. The lowest BCUT2D eigenvalue weighted by molar-refractivity contribution is 0.826. The molecule has 0 bridgehead atoms. The first-order chi connectivity index (χ1) is 9.66. The van der Waals surface area contributed by atoms with Crippen LogP contribution in [0.15, 0.2) is 40.1 Å². The summed E-state index contributed by atoms with van der Waals surface area (Å²) < 4.78 is 0. The molecule has 0 saturated carbocycles. The Morgan fingerprint density at radius 2 is 1.95 bits per heavy atom. The van der Waals surface area contributed by atoms with Crippen LogP contribution < -0.4 is 16.4 Å². The number of aromatic amines is 3. The third-order valence-electron chi connectivity index (χ3n) is 3.19. The summed E-state index contributed by atoms with van der Waals surface area (Å²) in [6, 6.07) is 6.90. The molecule has 3 rings (SSSR count). The Kier molecular flexibility index (Phi) is 2.86. The Balaban J connectivity index is 2.11. The summed E-state index contributed by atoms with van der Waals surface area (Å²) in [6.45, 7) is 1.94. The normalized spacial score (nSPS) is 12.4. The third-order valence-corrected chi connectivity index (χ3v) is 3.19. The number of H-pyrrole nitrogens is 3. The molecular weight excluding hydrogens is 258 g/mol. The average molecular weight is 271 g/mol. The second-order valence-corrected chi connectivity index (χ2v) is 4.51. The summed E-state index contributed by atoms with van der Waals surface area (Å²) in [5, 5.41) is 15.3. The summed E-state index contributed by atoms with van der Waals surface area (Å²) in [4.78, 5) is 23.7. The van der Waals surface area contributed by atoms with Crippen LogP contribution in [0.4, 0.5) is 5.69 Å². The minimum Gasteiger partial charge on any atom is -0.376 e. The molecule has 0 aliphatic carbocycles. The minimum atomic E-state index is -0.334. The van der Waals surface area contributed by atoms with E-state index >= 15 is 0 Å². The number of hydrogen-bond donors (Lipinski definition) is 4. The molecule has 7 nitrogen and oxygen atoms in total. The second kappa shape index (κ2) is 4.69. The van der Waals surface area contributed by atoms with E-state index in [1.165, 1.54) is 0 Å². The largest absolute Gasteiger partial charge is 0.376 e. The highest BCUT2D eigenvalue weighted by Crippen LogP contribution is 2.22. The van der Waals surface area contributed by atoms with Gasteiger partial charge in [-0.05, 0) is 25.1 Å². The van der Waals surface area contributed by atoms with Crippen LogP contribution in [-0.2, 0) is 0 Å². The lowest BCUT2D eigenvalue weighted by atomic mass is 10.1. The van der Waals surface area contributed by atoms with E-state index in [-0.39, 0.29) is 17.2 Å². The monoisotopic (exact) mass is 271 g/mol. The fraction of sp³-hybridized carbons (Fsp3) is 0.154. The number of aromatic nitrogens is 4. The predicted molar refractivity (Wildman–Crippen MR) is 75.8 cm³/mol. The van der Waals surface area contributed by atoms with Crippen molar-refractivity contribution in [2.45, 2.75) is 13.0 Å². The Morgan fingerprint density at radius 3 is 2.70 bits per heavy atom. The standard InChI is InChI=1S/C13H13N5O2/c1-7(9-5-6-14-16-9)15-10-4-2-3-8-11(10)13(20)18-17-12(8)19/h2-7,15H,1H3,(H,14,16)(H,17,19)(H,18,20). The highest BCUT2D eigenvalue weighted by molar-refractivity contribution is 5.92. The maximum Gasteiger partial charge on any atom is 0.272 e. The Morgan fingerprint density at radius 1 is 1.15 bits per heavy atom. The lowest BCUT2D eigenvalue weighted by Gasteiger charge is -2.14. The van der Waals surface area contributed by atoms with E-state index in [2.05, 4.69) is 25.7 Å². The summed E-state index contributed by atoms with van der Waals surface area (Å²) in [7, 11) is 0. The van der Waals surface area contributed by atoms with Crippen molar-refractivity contribution in [2.75, 3.05) is 5.32 Å². The maximum atomic E-state index is 11.9. The fourth-order valence-electron chi connectivity index (χ4n) is 2.17. The molecule has 0 saturated heterocycles. The van der Waals surface area contributed by atoms with Crippen molar-refractivity contribution in [3.63, 3.8) is 0 Å². The number of anilines is 1. The molecule has 20 heavy (non-hydrogen) atoms. The first-order valence-corrected chi connectivity index (χ1v) is 6.16. The molecule has 1 unspecified atom stereocenters. The average Bonchev–Trinajstić information content (AvgIpc) is 2.97. The van der Waals surface area contributed by atoms with Crippen LogP contribution in [0.2, 0.25) is 0 Å². The Hall–Kier alpha value is -2.83. The molecule has 4 N–H and O–H groups in total. The van der Waals surface area contributed by atoms with Crippen LogP contribution in [0.25, 0.3) is 10.8 Å². The molecule has 1 aromatic carbocycles. The van der Waals surface area contributed by atoms with E-state index in [1.807, 2.05) is 13.0 Å². The van der Waals surface area contributed by atoms with E-state index in [1.54, 1.807) is 24.4 Å². The van der Waals surface area contributed by atoms with Crippen molar-refractivity contribution in [1.82, 2.24) is 20.4 Å². The van der Waals surface area contributed by atoms with Crippen LogP contribution in [0, 0.1) is 0 Å². The fourth-order valence-corrected chi connectivity index (χ4v) is 2.17. The van der Waals surface area contributed by atoms with Crippen molar-refractivity contribution >= 4 is 16.5 Å². The molecule has 0 spiro atoms. The number of nitrogens with one attached hydrogen (secondary N) is 4. The van der Waals surface area contributed by atoms with Gasteiger partial charge in [-0.15, -0.1) is 0 Å². The number of hydrogen-bond acceptors (Lipinski definition) is 4.